The Morgan fingerprint density at radius 3 is 1.58 bits per heavy atom. The number of hydrogen-bond donors (Lipinski definition) is 4. The lowest BCUT2D eigenvalue weighted by Gasteiger charge is -2.49. The molecule has 5 fully saturated rings. The first-order valence-corrected chi connectivity index (χ1v) is 26.6. The number of hydrogen-bond acceptors (Lipinski definition) is 6. The van der Waals surface area contributed by atoms with Gasteiger partial charge in [0, 0.05) is 50.1 Å². The highest BCUT2D eigenvalue weighted by atomic mass is 16.2. The number of nitrogens with zero attached hydrogens (tertiary/aromatic N) is 2. The molecule has 5 unspecified atom stereocenters. The molecule has 0 heterocycles. The van der Waals surface area contributed by atoms with Gasteiger partial charge in [0.1, 0.15) is 5.54 Å². The van der Waals surface area contributed by atoms with E-state index in [1.807, 2.05) is 18.2 Å². The average Bonchev–Trinajstić information content (AvgIpc) is 4.25. The molecule has 5 aliphatic rings. The van der Waals surface area contributed by atoms with Gasteiger partial charge in [0.25, 0.3) is 0 Å². The summed E-state index contributed by atoms with van der Waals surface area (Å²) in [5.74, 6) is -0.499. The topological polar surface area (TPSA) is 106 Å². The van der Waals surface area contributed by atoms with Gasteiger partial charge in [0.2, 0.25) is 17.7 Å². The molecule has 9 nitrogen and oxygen atoms in total. The second kappa shape index (κ2) is 22.8. The number of likely N-dealkylation sites (N-methyl/N-ethyl adjacent to an activating group) is 1. The molecule has 0 saturated heterocycles. The van der Waals surface area contributed by atoms with Gasteiger partial charge in [-0.25, -0.2) is 0 Å². The third-order valence-electron chi connectivity index (χ3n) is 16.9. The molecule has 5 aliphatic carbocycles. The predicted molar refractivity (Wildman–Crippen MR) is 267 cm³/mol. The maximum absolute atomic E-state index is 17.3. The summed E-state index contributed by atoms with van der Waals surface area (Å²) >= 11 is 0. The molecule has 358 valence electrons. The van der Waals surface area contributed by atoms with Crippen molar-refractivity contribution >= 4 is 17.7 Å². The summed E-state index contributed by atoms with van der Waals surface area (Å²) in [5.41, 5.74) is -0.244. The highest BCUT2D eigenvalue weighted by molar-refractivity contribution is 6.05. The molecule has 0 bridgehead atoms. The summed E-state index contributed by atoms with van der Waals surface area (Å²) in [6, 6.07) is 32.4. The van der Waals surface area contributed by atoms with Crippen molar-refractivity contribution in [2.24, 2.45) is 11.3 Å². The molecule has 3 aromatic carbocycles. The van der Waals surface area contributed by atoms with Crippen LogP contribution in [0.2, 0.25) is 0 Å². The first kappa shape index (κ1) is 48.4. The van der Waals surface area contributed by atoms with E-state index in [-0.39, 0.29) is 35.5 Å². The van der Waals surface area contributed by atoms with Gasteiger partial charge in [0.15, 0.2) is 0 Å². The molecule has 4 N–H and O–H groups in total. The second-order valence-electron chi connectivity index (χ2n) is 20.7. The fourth-order valence-electron chi connectivity index (χ4n) is 13.2. The Bertz CT molecular complexity index is 1980. The van der Waals surface area contributed by atoms with Crippen LogP contribution < -0.4 is 21.3 Å². The van der Waals surface area contributed by atoms with Gasteiger partial charge in [-0.15, -0.1) is 0 Å². The number of carbonyl (C=O) groups excluding carboxylic acids is 3. The van der Waals surface area contributed by atoms with E-state index in [0.29, 0.717) is 51.1 Å². The van der Waals surface area contributed by atoms with E-state index in [1.165, 1.54) is 64.2 Å². The van der Waals surface area contributed by atoms with E-state index in [9.17, 15) is 0 Å². The number of amides is 3. The van der Waals surface area contributed by atoms with E-state index in [4.69, 9.17) is 0 Å². The lowest BCUT2D eigenvalue weighted by molar-refractivity contribution is -0.156. The Balaban J connectivity index is 1.20. The van der Waals surface area contributed by atoms with Crippen molar-refractivity contribution in [2.45, 2.75) is 164 Å². The quantitative estimate of drug-likeness (QED) is 0.0669. The maximum atomic E-state index is 17.3. The van der Waals surface area contributed by atoms with Gasteiger partial charge < -0.3 is 31.1 Å². The average molecular weight is 899 g/mol. The largest absolute Gasteiger partial charge is 0.356 e. The minimum atomic E-state index is -1.21. The summed E-state index contributed by atoms with van der Waals surface area (Å²) in [5, 5.41) is 14.5. The molecule has 0 aliphatic heterocycles. The maximum Gasteiger partial charge on any atom is 0.246 e. The Labute approximate surface area is 397 Å². The minimum Gasteiger partial charge on any atom is -0.356 e. The van der Waals surface area contributed by atoms with Crippen LogP contribution >= 0.6 is 0 Å². The third kappa shape index (κ3) is 10.2. The second-order valence-corrected chi connectivity index (χ2v) is 20.7. The molecule has 9 heteroatoms. The van der Waals surface area contributed by atoms with Crippen molar-refractivity contribution in [3.8, 4) is 0 Å². The third-order valence-corrected chi connectivity index (χ3v) is 16.9. The zero-order valence-corrected chi connectivity index (χ0v) is 40.6. The Morgan fingerprint density at radius 2 is 1.05 bits per heavy atom. The molecule has 5 saturated carbocycles. The molecule has 0 spiro atoms. The smallest absolute Gasteiger partial charge is 0.246 e. The van der Waals surface area contributed by atoms with Crippen molar-refractivity contribution in [3.63, 3.8) is 0 Å². The van der Waals surface area contributed by atoms with Crippen LogP contribution in [0.25, 0.3) is 0 Å². The van der Waals surface area contributed by atoms with E-state index >= 15 is 14.4 Å². The lowest BCUT2D eigenvalue weighted by atomic mass is 9.57. The fourth-order valence-corrected chi connectivity index (χ4v) is 13.2. The Kier molecular flexibility index (Phi) is 16.7. The van der Waals surface area contributed by atoms with Gasteiger partial charge in [-0.05, 0) is 113 Å². The van der Waals surface area contributed by atoms with Crippen LogP contribution in [0.4, 0.5) is 0 Å². The molecule has 5 atom stereocenters. The molecule has 8 rings (SSSR count). The number of nitrogens with one attached hydrogen (secondary N) is 4. The van der Waals surface area contributed by atoms with Crippen molar-refractivity contribution < 1.29 is 14.4 Å². The zero-order chi connectivity index (χ0) is 45.8. The van der Waals surface area contributed by atoms with Gasteiger partial charge >= 0.3 is 0 Å². The van der Waals surface area contributed by atoms with Crippen LogP contribution in [-0.4, -0.2) is 97.5 Å². The predicted octanol–water partition coefficient (Wildman–Crippen LogP) is 9.24. The zero-order valence-electron chi connectivity index (χ0n) is 40.6. The van der Waals surface area contributed by atoms with Crippen molar-refractivity contribution in [1.82, 2.24) is 31.1 Å². The number of rotatable bonds is 24. The van der Waals surface area contributed by atoms with Crippen LogP contribution in [-0.2, 0) is 19.8 Å². The van der Waals surface area contributed by atoms with E-state index < -0.39 is 16.4 Å². The number of carbonyl (C=O) groups is 3. The molecule has 66 heavy (non-hydrogen) atoms. The van der Waals surface area contributed by atoms with Crippen molar-refractivity contribution in [2.75, 3.05) is 52.4 Å². The fraction of sp³-hybridized carbons (Fsp3) is 0.632. The molecule has 3 aromatic rings. The molecule has 0 aromatic heterocycles. The van der Waals surface area contributed by atoms with E-state index in [0.717, 1.165) is 81.4 Å². The monoisotopic (exact) mass is 899 g/mol. The van der Waals surface area contributed by atoms with Crippen LogP contribution in [0.1, 0.15) is 158 Å². The normalized spacial score (nSPS) is 25.6. The van der Waals surface area contributed by atoms with Crippen molar-refractivity contribution in [3.05, 3.63) is 108 Å². The molecular formula is C57H82N6O3. The number of benzene rings is 3. The first-order chi connectivity index (χ1) is 32.4. The highest BCUT2D eigenvalue weighted by Gasteiger charge is 2.78. The van der Waals surface area contributed by atoms with Crippen molar-refractivity contribution in [1.29, 1.82) is 0 Å². The summed E-state index contributed by atoms with van der Waals surface area (Å²) in [7, 11) is 0. The van der Waals surface area contributed by atoms with Gasteiger partial charge in [-0.1, -0.05) is 156 Å². The van der Waals surface area contributed by atoms with E-state index in [2.05, 4.69) is 118 Å². The summed E-state index contributed by atoms with van der Waals surface area (Å²) in [6.07, 6.45) is 19.2. The van der Waals surface area contributed by atoms with Crippen LogP contribution in [0.15, 0.2) is 91.0 Å². The minimum absolute atomic E-state index is 0.0128. The van der Waals surface area contributed by atoms with Crippen LogP contribution in [0.3, 0.4) is 0 Å². The summed E-state index contributed by atoms with van der Waals surface area (Å²) in [4.78, 5) is 53.1. The van der Waals surface area contributed by atoms with E-state index in [1.54, 1.807) is 0 Å². The van der Waals surface area contributed by atoms with Gasteiger partial charge in [0.05, 0.1) is 10.8 Å². The highest BCUT2D eigenvalue weighted by Crippen LogP contribution is 2.73. The lowest BCUT2D eigenvalue weighted by Crippen LogP contribution is -2.65. The summed E-state index contributed by atoms with van der Waals surface area (Å²) in [6.45, 7) is 9.91. The SMILES string of the molecule is CCN(CC)CCN(C(=O)C(c1ccccc1)(C1CCCC1)C1(C(=O)NCCCNC2CCCCC2)CC1c1ccccc1)C1(C(=O)NCCCNC2CCCCC2)CC1c1ccccc1. The van der Waals surface area contributed by atoms with Crippen LogP contribution in [0.5, 0.6) is 0 Å². The Morgan fingerprint density at radius 1 is 0.561 bits per heavy atom. The van der Waals surface area contributed by atoms with Crippen LogP contribution in [0, 0.1) is 11.3 Å². The van der Waals surface area contributed by atoms with Gasteiger partial charge in [-0.3, -0.25) is 14.4 Å². The summed E-state index contributed by atoms with van der Waals surface area (Å²) < 4.78 is 0. The molecular weight excluding hydrogens is 817 g/mol. The standard InChI is InChI=1S/C57H82N6O3/c1-3-62(4-2)40-41-63(56(43-51(56)45-26-12-6-13-27-45)53(65)61-39-23-37-59-49-34-18-9-19-35-49)54(66)57(47-30-20-21-31-47,46-28-14-7-15-29-46)55(42-50(55)44-24-10-5-11-25-44)52(64)60-38-22-36-58-48-32-16-8-17-33-48/h5-7,10-15,24-29,47-51,58-59H,3-4,8-9,16-23,30-43H2,1-2H3,(H,60,64)(H,61,65). The van der Waals surface area contributed by atoms with Gasteiger partial charge in [-0.2, -0.15) is 0 Å². The Hall–Kier alpha value is -4.05. The molecule has 0 radical (unpaired) electrons. The first-order valence-electron chi connectivity index (χ1n) is 26.6. The molecule has 3 amide bonds.